The maximum absolute atomic E-state index is 6.13. The number of benzene rings is 2. The van der Waals surface area contributed by atoms with Crippen LogP contribution in [0.25, 0.3) is 0 Å². The predicted molar refractivity (Wildman–Crippen MR) is 86.3 cm³/mol. The Kier molecular flexibility index (Phi) is 5.48. The molecule has 4 heteroatoms. The number of rotatable bonds is 6. The molecule has 0 aliphatic carbocycles. The zero-order valence-electron chi connectivity index (χ0n) is 12.5. The van der Waals surface area contributed by atoms with Crippen LogP contribution in [0.1, 0.15) is 24.1 Å². The van der Waals surface area contributed by atoms with Crippen molar-refractivity contribution < 1.29 is 9.47 Å². The van der Waals surface area contributed by atoms with Gasteiger partial charge in [-0.1, -0.05) is 35.9 Å². The van der Waals surface area contributed by atoms with Gasteiger partial charge in [-0.3, -0.25) is 0 Å². The smallest absolute Gasteiger partial charge is 0.161 e. The van der Waals surface area contributed by atoms with Gasteiger partial charge in [0.25, 0.3) is 0 Å². The average molecular weight is 306 g/mol. The zero-order chi connectivity index (χ0) is 15.2. The summed E-state index contributed by atoms with van der Waals surface area (Å²) in [4.78, 5) is 0. The van der Waals surface area contributed by atoms with Crippen molar-refractivity contribution in [2.75, 3.05) is 14.2 Å². The van der Waals surface area contributed by atoms with Crippen molar-refractivity contribution in [1.29, 1.82) is 0 Å². The van der Waals surface area contributed by atoms with E-state index in [0.717, 1.165) is 16.9 Å². The molecule has 0 fully saturated rings. The van der Waals surface area contributed by atoms with E-state index in [4.69, 9.17) is 21.1 Å². The van der Waals surface area contributed by atoms with E-state index in [1.165, 1.54) is 0 Å². The fourth-order valence-corrected chi connectivity index (χ4v) is 2.20. The van der Waals surface area contributed by atoms with E-state index in [2.05, 4.69) is 12.2 Å². The molecule has 112 valence electrons. The lowest BCUT2D eigenvalue weighted by atomic mass is 10.1. The van der Waals surface area contributed by atoms with Gasteiger partial charge in [-0.2, -0.15) is 0 Å². The molecule has 1 N–H and O–H groups in total. The normalized spacial score (nSPS) is 12.0. The average Bonchev–Trinajstić information content (AvgIpc) is 2.53. The fraction of sp³-hybridized carbons (Fsp3) is 0.294. The first-order valence-corrected chi connectivity index (χ1v) is 7.25. The van der Waals surface area contributed by atoms with Crippen LogP contribution in [0.2, 0.25) is 5.02 Å². The molecular formula is C17H20ClNO2. The van der Waals surface area contributed by atoms with Crippen molar-refractivity contribution in [1.82, 2.24) is 5.32 Å². The van der Waals surface area contributed by atoms with Gasteiger partial charge in [0.1, 0.15) is 6.61 Å². The monoisotopic (exact) mass is 305 g/mol. The highest BCUT2D eigenvalue weighted by atomic mass is 35.5. The van der Waals surface area contributed by atoms with Gasteiger partial charge in [0.2, 0.25) is 0 Å². The molecule has 0 amide bonds. The van der Waals surface area contributed by atoms with Crippen LogP contribution in [-0.2, 0) is 6.61 Å². The summed E-state index contributed by atoms with van der Waals surface area (Å²) in [6.07, 6.45) is 0. The Morgan fingerprint density at radius 2 is 1.90 bits per heavy atom. The molecule has 0 radical (unpaired) electrons. The summed E-state index contributed by atoms with van der Waals surface area (Å²) in [6, 6.07) is 13.9. The van der Waals surface area contributed by atoms with Crippen molar-refractivity contribution in [3.63, 3.8) is 0 Å². The van der Waals surface area contributed by atoms with Crippen molar-refractivity contribution in [3.8, 4) is 11.5 Å². The summed E-state index contributed by atoms with van der Waals surface area (Å²) in [5.74, 6) is 1.44. The van der Waals surface area contributed by atoms with Crippen LogP contribution in [0.15, 0.2) is 42.5 Å². The lowest BCUT2D eigenvalue weighted by molar-refractivity contribution is 0.284. The Morgan fingerprint density at radius 1 is 1.14 bits per heavy atom. The van der Waals surface area contributed by atoms with Crippen LogP contribution in [0, 0.1) is 0 Å². The van der Waals surface area contributed by atoms with Gasteiger partial charge in [0.15, 0.2) is 11.5 Å². The molecule has 2 rings (SSSR count). The molecule has 1 atom stereocenters. The fourth-order valence-electron chi connectivity index (χ4n) is 2.01. The maximum Gasteiger partial charge on any atom is 0.161 e. The first-order valence-electron chi connectivity index (χ1n) is 6.87. The van der Waals surface area contributed by atoms with Crippen molar-refractivity contribution >= 4 is 11.6 Å². The minimum Gasteiger partial charge on any atom is -0.493 e. The summed E-state index contributed by atoms with van der Waals surface area (Å²) in [5, 5.41) is 3.91. The highest BCUT2D eigenvalue weighted by Crippen LogP contribution is 2.31. The number of methoxy groups -OCH3 is 1. The van der Waals surface area contributed by atoms with Crippen molar-refractivity contribution in [2.24, 2.45) is 0 Å². The van der Waals surface area contributed by atoms with Gasteiger partial charge in [-0.05, 0) is 37.7 Å². The van der Waals surface area contributed by atoms with E-state index < -0.39 is 0 Å². The maximum atomic E-state index is 6.13. The number of nitrogens with one attached hydrogen (secondary N) is 1. The van der Waals surface area contributed by atoms with E-state index in [1.807, 2.05) is 49.5 Å². The van der Waals surface area contributed by atoms with Gasteiger partial charge in [-0.25, -0.2) is 0 Å². The van der Waals surface area contributed by atoms with Gasteiger partial charge in [0.05, 0.1) is 7.11 Å². The van der Waals surface area contributed by atoms with Crippen LogP contribution in [0.5, 0.6) is 11.5 Å². The van der Waals surface area contributed by atoms with Gasteiger partial charge < -0.3 is 14.8 Å². The molecule has 2 aromatic carbocycles. The Hall–Kier alpha value is -1.71. The lowest BCUT2D eigenvalue weighted by Crippen LogP contribution is -2.12. The van der Waals surface area contributed by atoms with E-state index in [9.17, 15) is 0 Å². The third-order valence-electron chi connectivity index (χ3n) is 3.46. The van der Waals surface area contributed by atoms with Crippen LogP contribution in [0.4, 0.5) is 0 Å². The minimum atomic E-state index is 0.261. The molecular weight excluding hydrogens is 286 g/mol. The second-order valence-electron chi connectivity index (χ2n) is 4.80. The summed E-state index contributed by atoms with van der Waals surface area (Å²) < 4.78 is 11.2. The molecule has 0 spiro atoms. The lowest BCUT2D eigenvalue weighted by Gasteiger charge is -2.15. The van der Waals surface area contributed by atoms with Crippen LogP contribution >= 0.6 is 11.6 Å². The van der Waals surface area contributed by atoms with Crippen LogP contribution in [0.3, 0.4) is 0 Å². The second-order valence-corrected chi connectivity index (χ2v) is 5.21. The number of halogens is 1. The third-order valence-corrected chi connectivity index (χ3v) is 3.83. The van der Waals surface area contributed by atoms with Gasteiger partial charge in [0, 0.05) is 16.6 Å². The zero-order valence-corrected chi connectivity index (χ0v) is 13.3. The molecule has 0 heterocycles. The summed E-state index contributed by atoms with van der Waals surface area (Å²) in [6.45, 7) is 2.51. The predicted octanol–water partition coefficient (Wildman–Crippen LogP) is 4.21. The SMILES string of the molecule is CNC(C)c1ccc(OCc2ccccc2Cl)c(OC)c1. The van der Waals surface area contributed by atoms with Gasteiger partial charge >= 0.3 is 0 Å². The molecule has 3 nitrogen and oxygen atoms in total. The van der Waals surface area contributed by atoms with Crippen molar-refractivity contribution in [2.45, 2.75) is 19.6 Å². The minimum absolute atomic E-state index is 0.261. The summed E-state index contributed by atoms with van der Waals surface area (Å²) in [7, 11) is 3.57. The first-order chi connectivity index (χ1) is 10.2. The molecule has 0 aliphatic heterocycles. The molecule has 0 aliphatic rings. The molecule has 21 heavy (non-hydrogen) atoms. The highest BCUT2D eigenvalue weighted by Gasteiger charge is 2.10. The van der Waals surface area contributed by atoms with Gasteiger partial charge in [-0.15, -0.1) is 0 Å². The quantitative estimate of drug-likeness (QED) is 0.867. The molecule has 0 aromatic heterocycles. The molecule has 0 bridgehead atoms. The molecule has 0 saturated heterocycles. The Labute approximate surface area is 130 Å². The Balaban J connectivity index is 2.15. The Bertz CT molecular complexity index is 601. The number of hydrogen-bond acceptors (Lipinski definition) is 3. The number of hydrogen-bond donors (Lipinski definition) is 1. The Morgan fingerprint density at radius 3 is 2.57 bits per heavy atom. The standard InChI is InChI=1S/C17H20ClNO2/c1-12(19-2)13-8-9-16(17(10-13)20-3)21-11-14-6-4-5-7-15(14)18/h4-10,12,19H,11H2,1-3H3. The van der Waals surface area contributed by atoms with E-state index in [1.54, 1.807) is 7.11 Å². The van der Waals surface area contributed by atoms with Crippen LogP contribution < -0.4 is 14.8 Å². The summed E-state index contributed by atoms with van der Waals surface area (Å²) in [5.41, 5.74) is 2.10. The molecule has 0 saturated carbocycles. The second kappa shape index (κ2) is 7.34. The van der Waals surface area contributed by atoms with Crippen molar-refractivity contribution in [3.05, 3.63) is 58.6 Å². The number of ether oxygens (including phenoxy) is 2. The first kappa shape index (κ1) is 15.7. The topological polar surface area (TPSA) is 30.5 Å². The van der Waals surface area contributed by atoms with E-state index in [0.29, 0.717) is 17.4 Å². The highest BCUT2D eigenvalue weighted by molar-refractivity contribution is 6.31. The molecule has 2 aromatic rings. The van der Waals surface area contributed by atoms with E-state index in [-0.39, 0.29) is 6.04 Å². The molecule has 1 unspecified atom stereocenters. The largest absolute Gasteiger partial charge is 0.493 e. The third kappa shape index (κ3) is 3.90. The summed E-state index contributed by atoms with van der Waals surface area (Å²) >= 11 is 6.13. The van der Waals surface area contributed by atoms with E-state index >= 15 is 0 Å². The van der Waals surface area contributed by atoms with Crippen LogP contribution in [-0.4, -0.2) is 14.2 Å².